The predicted octanol–water partition coefficient (Wildman–Crippen LogP) is 2.22. The number of ether oxygens (including phenoxy) is 1. The van der Waals surface area contributed by atoms with E-state index in [-0.39, 0.29) is 28.9 Å². The number of carbonyl (C=O) groups excluding carboxylic acids is 1. The van der Waals surface area contributed by atoms with Gasteiger partial charge in [-0.2, -0.15) is 0 Å². The lowest BCUT2D eigenvalue weighted by atomic mass is 9.83. The summed E-state index contributed by atoms with van der Waals surface area (Å²) >= 11 is 0. The summed E-state index contributed by atoms with van der Waals surface area (Å²) in [6.07, 6.45) is 0.941. The van der Waals surface area contributed by atoms with E-state index in [4.69, 9.17) is 9.15 Å². The number of likely N-dealkylation sites (tertiary alicyclic amines) is 1. The van der Waals surface area contributed by atoms with Crippen LogP contribution in [-0.2, 0) is 6.54 Å². The van der Waals surface area contributed by atoms with Gasteiger partial charge in [-0.3, -0.25) is 9.59 Å². The van der Waals surface area contributed by atoms with Gasteiger partial charge >= 0.3 is 5.63 Å². The maximum Gasteiger partial charge on any atom is 0.349 e. The fourth-order valence-electron chi connectivity index (χ4n) is 4.66. The lowest BCUT2D eigenvalue weighted by Gasteiger charge is -2.42. The van der Waals surface area contributed by atoms with Gasteiger partial charge < -0.3 is 18.6 Å². The SMILES string of the molecule is COc1cccc2cc(C(=O)N3C[C@@H]4C[C@H](C3)c3cccc(=O)n3C4)c(=O)oc12. The summed E-state index contributed by atoms with van der Waals surface area (Å²) in [5.74, 6) is 0.406. The summed E-state index contributed by atoms with van der Waals surface area (Å²) in [6, 6.07) is 12.1. The summed E-state index contributed by atoms with van der Waals surface area (Å²) in [5.41, 5.74) is 0.651. The van der Waals surface area contributed by atoms with Crippen LogP contribution in [0.15, 0.2) is 56.5 Å². The number of para-hydroxylation sites is 1. The maximum absolute atomic E-state index is 13.2. The number of hydrogen-bond acceptors (Lipinski definition) is 5. The Morgan fingerprint density at radius 3 is 2.76 bits per heavy atom. The molecule has 1 amide bonds. The van der Waals surface area contributed by atoms with E-state index in [0.717, 1.165) is 12.1 Å². The number of fused-ring (bicyclic) bond motifs is 5. The van der Waals surface area contributed by atoms with Crippen molar-refractivity contribution in [2.75, 3.05) is 20.2 Å². The van der Waals surface area contributed by atoms with E-state index in [1.807, 2.05) is 10.6 Å². The minimum atomic E-state index is -0.667. The number of benzene rings is 1. The number of rotatable bonds is 2. The van der Waals surface area contributed by atoms with Gasteiger partial charge in [-0.05, 0) is 30.5 Å². The molecule has 3 aromatic rings. The molecule has 1 aromatic carbocycles. The second kappa shape index (κ2) is 6.62. The van der Waals surface area contributed by atoms with Crippen LogP contribution in [0.3, 0.4) is 0 Å². The summed E-state index contributed by atoms with van der Waals surface area (Å²) in [6.45, 7) is 1.60. The molecule has 7 nitrogen and oxygen atoms in total. The van der Waals surface area contributed by atoms with Crippen molar-refractivity contribution in [2.24, 2.45) is 5.92 Å². The smallest absolute Gasteiger partial charge is 0.349 e. The molecule has 0 radical (unpaired) electrons. The third kappa shape index (κ3) is 2.85. The van der Waals surface area contributed by atoms with E-state index in [9.17, 15) is 14.4 Å². The highest BCUT2D eigenvalue weighted by molar-refractivity contribution is 5.97. The summed E-state index contributed by atoms with van der Waals surface area (Å²) in [7, 11) is 1.50. The van der Waals surface area contributed by atoms with E-state index in [1.54, 1.807) is 41.3 Å². The normalized spacial score (nSPS) is 20.4. The van der Waals surface area contributed by atoms with Crippen molar-refractivity contribution in [3.63, 3.8) is 0 Å². The zero-order valence-corrected chi connectivity index (χ0v) is 16.0. The second-order valence-corrected chi connectivity index (χ2v) is 7.73. The lowest BCUT2D eigenvalue weighted by molar-refractivity contribution is 0.0590. The Hall–Kier alpha value is -3.35. The van der Waals surface area contributed by atoms with Crippen LogP contribution in [0.1, 0.15) is 28.4 Å². The molecule has 0 unspecified atom stereocenters. The number of nitrogens with zero attached hydrogens (tertiary/aromatic N) is 2. The molecule has 0 N–H and O–H groups in total. The van der Waals surface area contributed by atoms with Gasteiger partial charge in [0, 0.05) is 42.7 Å². The van der Waals surface area contributed by atoms with Crippen LogP contribution in [0, 0.1) is 5.92 Å². The highest BCUT2D eigenvalue weighted by Gasteiger charge is 2.37. The molecule has 2 aromatic heterocycles. The first-order chi connectivity index (χ1) is 14.0. The van der Waals surface area contributed by atoms with Crippen molar-refractivity contribution in [3.8, 4) is 5.75 Å². The van der Waals surface area contributed by atoms with Crippen LogP contribution >= 0.6 is 0 Å². The molecular formula is C22H20N2O5. The van der Waals surface area contributed by atoms with Crippen LogP contribution in [0.4, 0.5) is 0 Å². The molecule has 2 aliphatic heterocycles. The molecule has 7 heteroatoms. The number of methoxy groups -OCH3 is 1. The van der Waals surface area contributed by atoms with Gasteiger partial charge in [0.15, 0.2) is 11.3 Å². The maximum atomic E-state index is 13.2. The molecular weight excluding hydrogens is 372 g/mol. The number of hydrogen-bond donors (Lipinski definition) is 0. The number of amides is 1. The topological polar surface area (TPSA) is 81.8 Å². The molecule has 1 fully saturated rings. The quantitative estimate of drug-likeness (QED) is 0.625. The van der Waals surface area contributed by atoms with Crippen LogP contribution in [0.25, 0.3) is 11.0 Å². The summed E-state index contributed by atoms with van der Waals surface area (Å²) < 4.78 is 12.5. The van der Waals surface area contributed by atoms with Crippen LogP contribution < -0.4 is 15.9 Å². The minimum Gasteiger partial charge on any atom is -0.493 e. The van der Waals surface area contributed by atoms with Crippen molar-refractivity contribution >= 4 is 16.9 Å². The van der Waals surface area contributed by atoms with Gasteiger partial charge in [0.1, 0.15) is 5.56 Å². The van der Waals surface area contributed by atoms with Gasteiger partial charge in [0.05, 0.1) is 7.11 Å². The Bertz CT molecular complexity index is 1240. The van der Waals surface area contributed by atoms with Gasteiger partial charge in [0.2, 0.25) is 0 Å². The molecule has 2 aliphatic rings. The van der Waals surface area contributed by atoms with Crippen molar-refractivity contribution < 1.29 is 13.9 Å². The van der Waals surface area contributed by atoms with E-state index < -0.39 is 5.63 Å². The Kier molecular flexibility index (Phi) is 4.04. The molecule has 29 heavy (non-hydrogen) atoms. The Morgan fingerprint density at radius 2 is 1.93 bits per heavy atom. The monoisotopic (exact) mass is 392 g/mol. The summed E-state index contributed by atoms with van der Waals surface area (Å²) in [4.78, 5) is 39.6. The van der Waals surface area contributed by atoms with Crippen molar-refractivity contribution in [1.29, 1.82) is 0 Å². The molecule has 1 saturated heterocycles. The molecule has 2 bridgehead atoms. The molecule has 148 valence electrons. The van der Waals surface area contributed by atoms with Crippen LogP contribution in [0.5, 0.6) is 5.75 Å². The van der Waals surface area contributed by atoms with E-state index in [1.165, 1.54) is 7.11 Å². The fraction of sp³-hybridized carbons (Fsp3) is 0.318. The average molecular weight is 392 g/mol. The van der Waals surface area contributed by atoms with Crippen molar-refractivity contribution in [1.82, 2.24) is 9.47 Å². The first-order valence-corrected chi connectivity index (χ1v) is 9.65. The molecule has 2 atom stereocenters. The first-order valence-electron chi connectivity index (χ1n) is 9.65. The molecule has 5 rings (SSSR count). The first kappa shape index (κ1) is 17.7. The number of carbonyl (C=O) groups is 1. The third-order valence-electron chi connectivity index (χ3n) is 5.94. The number of pyridine rings is 1. The minimum absolute atomic E-state index is 0.00102. The van der Waals surface area contributed by atoms with E-state index in [2.05, 4.69) is 0 Å². The van der Waals surface area contributed by atoms with E-state index >= 15 is 0 Å². The predicted molar refractivity (Wildman–Crippen MR) is 106 cm³/mol. The Labute approximate surface area is 166 Å². The number of aromatic nitrogens is 1. The molecule has 4 heterocycles. The zero-order valence-electron chi connectivity index (χ0n) is 16.0. The van der Waals surface area contributed by atoms with Gasteiger partial charge in [-0.15, -0.1) is 0 Å². The highest BCUT2D eigenvalue weighted by Crippen LogP contribution is 2.35. The van der Waals surface area contributed by atoms with Crippen molar-refractivity contribution in [3.05, 3.63) is 74.5 Å². The van der Waals surface area contributed by atoms with Crippen LogP contribution in [0.2, 0.25) is 0 Å². The van der Waals surface area contributed by atoms with Crippen LogP contribution in [-0.4, -0.2) is 35.6 Å². The van der Waals surface area contributed by atoms with Crippen molar-refractivity contribution in [2.45, 2.75) is 18.9 Å². The standard InChI is InChI=1S/C22H20N2O5/c1-28-18-6-2-4-14-9-16(22(27)29-20(14)18)21(26)23-10-13-8-15(12-23)17-5-3-7-19(25)24(17)11-13/h2-7,9,13,15H,8,10-12H2,1H3/t13-,15+/m0/s1. The average Bonchev–Trinajstić information content (AvgIpc) is 2.73. The molecule has 0 saturated carbocycles. The van der Waals surface area contributed by atoms with E-state index in [0.29, 0.717) is 36.4 Å². The number of piperidine rings is 1. The lowest BCUT2D eigenvalue weighted by Crippen LogP contribution is -2.49. The van der Waals surface area contributed by atoms with Gasteiger partial charge in [-0.25, -0.2) is 4.79 Å². The molecule has 0 spiro atoms. The van der Waals surface area contributed by atoms with Gasteiger partial charge in [-0.1, -0.05) is 18.2 Å². The largest absolute Gasteiger partial charge is 0.493 e. The second-order valence-electron chi connectivity index (χ2n) is 7.73. The highest BCUT2D eigenvalue weighted by atomic mass is 16.5. The molecule has 0 aliphatic carbocycles. The third-order valence-corrected chi connectivity index (χ3v) is 5.94. The Morgan fingerprint density at radius 1 is 1.10 bits per heavy atom. The zero-order chi connectivity index (χ0) is 20.1. The van der Waals surface area contributed by atoms with Gasteiger partial charge in [0.25, 0.3) is 11.5 Å². The Balaban J connectivity index is 1.50. The fourth-order valence-corrected chi connectivity index (χ4v) is 4.66. The summed E-state index contributed by atoms with van der Waals surface area (Å²) in [5, 5.41) is 0.640.